The van der Waals surface area contributed by atoms with Crippen LogP contribution in [-0.2, 0) is 6.42 Å². The van der Waals surface area contributed by atoms with Crippen molar-refractivity contribution in [1.29, 1.82) is 0 Å². The van der Waals surface area contributed by atoms with Gasteiger partial charge in [0, 0.05) is 47.3 Å². The molecule has 3 rings (SSSR count). The van der Waals surface area contributed by atoms with E-state index in [0.717, 1.165) is 73.4 Å². The van der Waals surface area contributed by atoms with Crippen molar-refractivity contribution >= 4 is 34.1 Å². The third-order valence-electron chi connectivity index (χ3n) is 4.66. The van der Waals surface area contributed by atoms with Gasteiger partial charge in [-0.3, -0.25) is 4.98 Å². The first-order chi connectivity index (χ1) is 13.8. The summed E-state index contributed by atoms with van der Waals surface area (Å²) >= 11 is 6.05. The molecular formula is C22H28ClN5. The average molecular weight is 398 g/mol. The molecular weight excluding hydrogens is 370 g/mol. The topological polar surface area (TPSA) is 62.7 Å². The van der Waals surface area contributed by atoms with Crippen LogP contribution in [0.25, 0.3) is 10.9 Å². The Hall–Kier alpha value is -2.40. The van der Waals surface area contributed by atoms with Crippen LogP contribution in [0.3, 0.4) is 0 Å². The van der Waals surface area contributed by atoms with Crippen molar-refractivity contribution in [3.8, 4) is 0 Å². The number of unbranched alkanes of at least 4 members (excludes halogenated alkanes) is 3. The number of hydrogen-bond acceptors (Lipinski definition) is 5. The number of nitrogens with one attached hydrogen (secondary N) is 2. The summed E-state index contributed by atoms with van der Waals surface area (Å²) in [4.78, 5) is 13.3. The lowest BCUT2D eigenvalue weighted by molar-refractivity contribution is 0.689. The SMILES string of the molecule is CCCCNc1nccc(CCCCCNc2ccnc3cc(Cl)ccc23)n1. The zero-order chi connectivity index (χ0) is 19.6. The predicted octanol–water partition coefficient (Wildman–Crippen LogP) is 5.72. The summed E-state index contributed by atoms with van der Waals surface area (Å²) in [6.07, 6.45) is 10.4. The maximum Gasteiger partial charge on any atom is 0.222 e. The van der Waals surface area contributed by atoms with Crippen LogP contribution in [0.5, 0.6) is 0 Å². The van der Waals surface area contributed by atoms with E-state index in [1.54, 1.807) is 0 Å². The maximum atomic E-state index is 6.05. The van der Waals surface area contributed by atoms with Gasteiger partial charge in [-0.05, 0) is 56.0 Å². The van der Waals surface area contributed by atoms with Crippen LogP contribution in [0.2, 0.25) is 5.02 Å². The van der Waals surface area contributed by atoms with Gasteiger partial charge in [0.2, 0.25) is 5.95 Å². The molecule has 0 saturated carbocycles. The molecule has 0 spiro atoms. The van der Waals surface area contributed by atoms with Gasteiger partial charge in [-0.2, -0.15) is 0 Å². The highest BCUT2D eigenvalue weighted by Gasteiger charge is 2.03. The van der Waals surface area contributed by atoms with E-state index in [2.05, 4.69) is 32.5 Å². The summed E-state index contributed by atoms with van der Waals surface area (Å²) < 4.78 is 0. The minimum atomic E-state index is 0.714. The van der Waals surface area contributed by atoms with E-state index < -0.39 is 0 Å². The van der Waals surface area contributed by atoms with Crippen molar-refractivity contribution in [2.24, 2.45) is 0 Å². The summed E-state index contributed by atoms with van der Waals surface area (Å²) in [7, 11) is 0. The number of pyridine rings is 1. The Morgan fingerprint density at radius 1 is 0.893 bits per heavy atom. The molecule has 0 bridgehead atoms. The Morgan fingerprint density at radius 2 is 1.75 bits per heavy atom. The summed E-state index contributed by atoms with van der Waals surface area (Å²) in [5.74, 6) is 0.747. The number of anilines is 2. The minimum absolute atomic E-state index is 0.714. The minimum Gasteiger partial charge on any atom is -0.384 e. The molecule has 0 radical (unpaired) electrons. The first-order valence-electron chi connectivity index (χ1n) is 10.1. The molecule has 6 heteroatoms. The molecule has 0 aliphatic rings. The third-order valence-corrected chi connectivity index (χ3v) is 4.89. The van der Waals surface area contributed by atoms with E-state index in [0.29, 0.717) is 5.02 Å². The number of aryl methyl sites for hydroxylation is 1. The zero-order valence-electron chi connectivity index (χ0n) is 16.4. The second-order valence-corrected chi connectivity index (χ2v) is 7.35. The fourth-order valence-corrected chi connectivity index (χ4v) is 3.27. The van der Waals surface area contributed by atoms with Crippen molar-refractivity contribution in [2.45, 2.75) is 45.4 Å². The van der Waals surface area contributed by atoms with Crippen molar-refractivity contribution in [3.05, 3.63) is 53.4 Å². The molecule has 0 aliphatic carbocycles. The summed E-state index contributed by atoms with van der Waals surface area (Å²) in [6.45, 7) is 4.05. The van der Waals surface area contributed by atoms with Crippen LogP contribution in [-0.4, -0.2) is 28.0 Å². The van der Waals surface area contributed by atoms with E-state index in [9.17, 15) is 0 Å². The Bertz CT molecular complexity index is 884. The molecule has 148 valence electrons. The number of nitrogens with zero attached hydrogens (tertiary/aromatic N) is 3. The number of rotatable bonds is 11. The Balaban J connectivity index is 1.39. The molecule has 0 aliphatic heterocycles. The first-order valence-corrected chi connectivity index (χ1v) is 10.5. The number of benzene rings is 1. The van der Waals surface area contributed by atoms with Gasteiger partial charge in [0.1, 0.15) is 0 Å². The molecule has 2 N–H and O–H groups in total. The van der Waals surface area contributed by atoms with E-state index in [4.69, 9.17) is 11.6 Å². The fourth-order valence-electron chi connectivity index (χ4n) is 3.10. The second kappa shape index (κ2) is 10.8. The Labute approximate surface area is 172 Å². The van der Waals surface area contributed by atoms with Gasteiger partial charge >= 0.3 is 0 Å². The molecule has 1 aromatic carbocycles. The van der Waals surface area contributed by atoms with Crippen LogP contribution >= 0.6 is 11.6 Å². The lowest BCUT2D eigenvalue weighted by Gasteiger charge is -2.10. The zero-order valence-corrected chi connectivity index (χ0v) is 17.2. The molecule has 0 atom stereocenters. The molecule has 0 unspecified atom stereocenters. The normalized spacial score (nSPS) is 10.9. The van der Waals surface area contributed by atoms with E-state index in [1.165, 1.54) is 6.42 Å². The lowest BCUT2D eigenvalue weighted by Crippen LogP contribution is -2.06. The van der Waals surface area contributed by atoms with Gasteiger partial charge < -0.3 is 10.6 Å². The largest absolute Gasteiger partial charge is 0.384 e. The summed E-state index contributed by atoms with van der Waals surface area (Å²) in [5.41, 5.74) is 3.14. The Morgan fingerprint density at radius 3 is 2.64 bits per heavy atom. The summed E-state index contributed by atoms with van der Waals surface area (Å²) in [6, 6.07) is 9.86. The molecule has 0 saturated heterocycles. The fraction of sp³-hybridized carbons (Fsp3) is 0.409. The smallest absolute Gasteiger partial charge is 0.222 e. The molecule has 3 aromatic rings. The quantitative estimate of drug-likeness (QED) is 0.405. The monoisotopic (exact) mass is 397 g/mol. The van der Waals surface area contributed by atoms with Crippen LogP contribution in [0.15, 0.2) is 42.7 Å². The molecule has 2 heterocycles. The molecule has 0 amide bonds. The molecule has 0 fully saturated rings. The number of halogens is 1. The summed E-state index contributed by atoms with van der Waals surface area (Å²) in [5, 5.41) is 8.63. The van der Waals surface area contributed by atoms with Crippen LogP contribution in [0.1, 0.15) is 44.7 Å². The number of fused-ring (bicyclic) bond motifs is 1. The Kier molecular flexibility index (Phi) is 7.85. The lowest BCUT2D eigenvalue weighted by atomic mass is 10.1. The maximum absolute atomic E-state index is 6.05. The molecule has 28 heavy (non-hydrogen) atoms. The molecule has 2 aromatic heterocycles. The van der Waals surface area contributed by atoms with Gasteiger partial charge in [-0.15, -0.1) is 0 Å². The van der Waals surface area contributed by atoms with E-state index in [1.807, 2.05) is 42.7 Å². The third kappa shape index (κ3) is 6.06. The highest BCUT2D eigenvalue weighted by Crippen LogP contribution is 2.24. The van der Waals surface area contributed by atoms with Gasteiger partial charge in [0.25, 0.3) is 0 Å². The van der Waals surface area contributed by atoms with E-state index >= 15 is 0 Å². The first kappa shape index (κ1) is 20.3. The van der Waals surface area contributed by atoms with Crippen LogP contribution in [0, 0.1) is 0 Å². The highest BCUT2D eigenvalue weighted by molar-refractivity contribution is 6.31. The van der Waals surface area contributed by atoms with Crippen molar-refractivity contribution < 1.29 is 0 Å². The predicted molar refractivity (Wildman–Crippen MR) is 118 cm³/mol. The number of hydrogen-bond donors (Lipinski definition) is 2. The van der Waals surface area contributed by atoms with Gasteiger partial charge in [-0.25, -0.2) is 9.97 Å². The highest BCUT2D eigenvalue weighted by atomic mass is 35.5. The standard InChI is InChI=1S/C22H28ClN5/c1-2-3-12-26-22-27-14-10-18(28-22)7-5-4-6-13-24-20-11-15-25-21-16-17(23)8-9-19(20)21/h8-11,14-16H,2-7,12-13H2,1H3,(H,24,25)(H,26,27,28). The van der Waals surface area contributed by atoms with Gasteiger partial charge in [0.05, 0.1) is 5.52 Å². The van der Waals surface area contributed by atoms with Crippen LogP contribution in [0.4, 0.5) is 11.6 Å². The van der Waals surface area contributed by atoms with Crippen molar-refractivity contribution in [2.75, 3.05) is 23.7 Å². The van der Waals surface area contributed by atoms with E-state index in [-0.39, 0.29) is 0 Å². The second-order valence-electron chi connectivity index (χ2n) is 6.91. The van der Waals surface area contributed by atoms with Crippen molar-refractivity contribution in [1.82, 2.24) is 15.0 Å². The average Bonchev–Trinajstić information content (AvgIpc) is 2.71. The van der Waals surface area contributed by atoms with Crippen molar-refractivity contribution in [3.63, 3.8) is 0 Å². The number of aromatic nitrogens is 3. The van der Waals surface area contributed by atoms with Gasteiger partial charge in [-0.1, -0.05) is 31.4 Å². The molecule has 5 nitrogen and oxygen atoms in total. The van der Waals surface area contributed by atoms with Crippen LogP contribution < -0.4 is 10.6 Å². The van der Waals surface area contributed by atoms with Gasteiger partial charge in [0.15, 0.2) is 0 Å².